The Morgan fingerprint density at radius 3 is 2.05 bits per heavy atom. The number of phenolic OH excluding ortho intramolecular Hbond substituents is 1. The zero-order valence-corrected chi connectivity index (χ0v) is 11.8. The molecule has 2 aromatic rings. The number of hydrogen-bond donors (Lipinski definition) is 2. The molecule has 0 atom stereocenters. The Morgan fingerprint density at radius 1 is 0.905 bits per heavy atom. The highest BCUT2D eigenvalue weighted by Gasteiger charge is 2.33. The Balaban J connectivity index is 2.29. The van der Waals surface area contributed by atoms with Gasteiger partial charge in [0.25, 0.3) is 0 Å². The average Bonchev–Trinajstić information content (AvgIpc) is 2.46. The van der Waals surface area contributed by atoms with E-state index in [-0.39, 0.29) is 34.5 Å². The standard InChI is InChI=1S/C17H15NO3/c1-9(2)18-12-7-8-13(19)15-14(12)16(20)10-5-3-4-6-11(10)17(15)21/h3-9,18-19H,1-2H3. The lowest BCUT2D eigenvalue weighted by molar-refractivity contribution is 0.0977. The fraction of sp³-hybridized carbons (Fsp3) is 0.176. The van der Waals surface area contributed by atoms with E-state index in [9.17, 15) is 14.7 Å². The van der Waals surface area contributed by atoms with Crippen molar-refractivity contribution in [3.8, 4) is 5.75 Å². The number of hydrogen-bond acceptors (Lipinski definition) is 4. The van der Waals surface area contributed by atoms with E-state index in [0.29, 0.717) is 16.8 Å². The maximum atomic E-state index is 12.7. The van der Waals surface area contributed by atoms with Gasteiger partial charge in [-0.1, -0.05) is 24.3 Å². The van der Waals surface area contributed by atoms with Crippen molar-refractivity contribution in [2.75, 3.05) is 5.32 Å². The molecule has 0 radical (unpaired) electrons. The summed E-state index contributed by atoms with van der Waals surface area (Å²) in [5.74, 6) is -0.712. The normalized spacial score (nSPS) is 13.1. The first-order valence-electron chi connectivity index (χ1n) is 6.81. The number of aromatic hydroxyl groups is 1. The summed E-state index contributed by atoms with van der Waals surface area (Å²) in [6, 6.07) is 9.88. The maximum Gasteiger partial charge on any atom is 0.198 e. The summed E-state index contributed by atoms with van der Waals surface area (Å²) in [6.07, 6.45) is 0. The Labute approximate surface area is 122 Å². The summed E-state index contributed by atoms with van der Waals surface area (Å²) in [4.78, 5) is 25.3. The molecule has 0 unspecified atom stereocenters. The SMILES string of the molecule is CC(C)Nc1ccc(O)c2c1C(=O)c1ccccc1C2=O. The quantitative estimate of drug-likeness (QED) is 0.709. The van der Waals surface area contributed by atoms with E-state index < -0.39 is 0 Å². The number of rotatable bonds is 2. The Kier molecular flexibility index (Phi) is 3.01. The first kappa shape index (κ1) is 13.4. The monoisotopic (exact) mass is 281 g/mol. The fourth-order valence-electron chi connectivity index (χ4n) is 2.64. The number of anilines is 1. The van der Waals surface area contributed by atoms with Crippen molar-refractivity contribution < 1.29 is 14.7 Å². The van der Waals surface area contributed by atoms with Gasteiger partial charge in [-0.05, 0) is 26.0 Å². The summed E-state index contributed by atoms with van der Waals surface area (Å²) < 4.78 is 0. The number of carbonyl (C=O) groups is 2. The predicted octanol–water partition coefficient (Wildman–Crippen LogP) is 2.99. The minimum absolute atomic E-state index is 0.0874. The van der Waals surface area contributed by atoms with Gasteiger partial charge < -0.3 is 10.4 Å². The summed E-state index contributed by atoms with van der Waals surface area (Å²) in [6.45, 7) is 3.89. The molecule has 4 heteroatoms. The second kappa shape index (κ2) is 4.74. The van der Waals surface area contributed by atoms with Crippen molar-refractivity contribution in [1.29, 1.82) is 0 Å². The van der Waals surface area contributed by atoms with Gasteiger partial charge in [-0.3, -0.25) is 9.59 Å². The van der Waals surface area contributed by atoms with E-state index in [4.69, 9.17) is 0 Å². The van der Waals surface area contributed by atoms with E-state index in [2.05, 4.69) is 5.32 Å². The maximum absolute atomic E-state index is 12.7. The van der Waals surface area contributed by atoms with E-state index >= 15 is 0 Å². The molecular formula is C17H15NO3. The van der Waals surface area contributed by atoms with Crippen LogP contribution in [0.1, 0.15) is 45.7 Å². The highest BCUT2D eigenvalue weighted by Crippen LogP contribution is 2.37. The molecule has 0 amide bonds. The van der Waals surface area contributed by atoms with Crippen molar-refractivity contribution in [3.63, 3.8) is 0 Å². The third kappa shape index (κ3) is 2.00. The first-order chi connectivity index (χ1) is 10.0. The number of phenols is 1. The molecule has 2 aromatic carbocycles. The molecule has 1 aliphatic rings. The molecule has 3 rings (SSSR count). The van der Waals surface area contributed by atoms with Gasteiger partial charge in [0, 0.05) is 22.9 Å². The van der Waals surface area contributed by atoms with E-state index in [1.165, 1.54) is 6.07 Å². The molecule has 0 aromatic heterocycles. The minimum atomic E-state index is -0.315. The van der Waals surface area contributed by atoms with Crippen LogP contribution in [0.2, 0.25) is 0 Å². The second-order valence-electron chi connectivity index (χ2n) is 5.39. The van der Waals surface area contributed by atoms with Crippen LogP contribution in [0.3, 0.4) is 0 Å². The molecule has 0 bridgehead atoms. The third-order valence-electron chi connectivity index (χ3n) is 3.50. The van der Waals surface area contributed by atoms with Crippen LogP contribution >= 0.6 is 0 Å². The second-order valence-corrected chi connectivity index (χ2v) is 5.39. The lowest BCUT2D eigenvalue weighted by Gasteiger charge is -2.22. The molecule has 0 saturated heterocycles. The van der Waals surface area contributed by atoms with Gasteiger partial charge in [0.15, 0.2) is 11.6 Å². The number of benzene rings is 2. The molecular weight excluding hydrogens is 266 g/mol. The lowest BCUT2D eigenvalue weighted by atomic mass is 9.82. The molecule has 2 N–H and O–H groups in total. The number of carbonyl (C=O) groups excluding carboxylic acids is 2. The lowest BCUT2D eigenvalue weighted by Crippen LogP contribution is -2.24. The Morgan fingerprint density at radius 2 is 1.48 bits per heavy atom. The van der Waals surface area contributed by atoms with Gasteiger partial charge in [-0.15, -0.1) is 0 Å². The van der Waals surface area contributed by atoms with Crippen molar-refractivity contribution in [1.82, 2.24) is 0 Å². The van der Waals surface area contributed by atoms with Crippen LogP contribution in [0.4, 0.5) is 5.69 Å². The largest absolute Gasteiger partial charge is 0.507 e. The number of ketones is 2. The van der Waals surface area contributed by atoms with Crippen LogP contribution in [0.25, 0.3) is 0 Å². The van der Waals surface area contributed by atoms with Gasteiger partial charge in [-0.2, -0.15) is 0 Å². The van der Waals surface area contributed by atoms with Crippen LogP contribution < -0.4 is 5.32 Å². The zero-order chi connectivity index (χ0) is 15.1. The average molecular weight is 281 g/mol. The first-order valence-corrected chi connectivity index (χ1v) is 6.81. The fourth-order valence-corrected chi connectivity index (χ4v) is 2.64. The van der Waals surface area contributed by atoms with Crippen LogP contribution in [-0.2, 0) is 0 Å². The Hall–Kier alpha value is -2.62. The summed E-state index contributed by atoms with van der Waals surface area (Å²) >= 11 is 0. The zero-order valence-electron chi connectivity index (χ0n) is 11.8. The van der Waals surface area contributed by atoms with Crippen LogP contribution in [0, 0.1) is 0 Å². The minimum Gasteiger partial charge on any atom is -0.507 e. The molecule has 0 aliphatic heterocycles. The smallest absolute Gasteiger partial charge is 0.198 e. The van der Waals surface area contributed by atoms with Crippen molar-refractivity contribution in [3.05, 3.63) is 58.7 Å². The molecule has 1 aliphatic carbocycles. The van der Waals surface area contributed by atoms with Crippen LogP contribution in [0.15, 0.2) is 36.4 Å². The molecule has 0 spiro atoms. The van der Waals surface area contributed by atoms with Gasteiger partial charge in [0.1, 0.15) is 5.75 Å². The van der Waals surface area contributed by atoms with Gasteiger partial charge >= 0.3 is 0 Å². The van der Waals surface area contributed by atoms with Gasteiger partial charge in [0.2, 0.25) is 0 Å². The van der Waals surface area contributed by atoms with E-state index in [1.54, 1.807) is 30.3 Å². The molecule has 0 fully saturated rings. The predicted molar refractivity (Wildman–Crippen MR) is 80.2 cm³/mol. The molecule has 4 nitrogen and oxygen atoms in total. The Bertz CT molecular complexity index is 763. The summed E-state index contributed by atoms with van der Waals surface area (Å²) in [7, 11) is 0. The van der Waals surface area contributed by atoms with Gasteiger partial charge in [-0.25, -0.2) is 0 Å². The highest BCUT2D eigenvalue weighted by molar-refractivity contribution is 6.31. The van der Waals surface area contributed by atoms with Crippen molar-refractivity contribution in [2.45, 2.75) is 19.9 Å². The van der Waals surface area contributed by atoms with Crippen molar-refractivity contribution >= 4 is 17.3 Å². The summed E-state index contributed by atoms with van der Waals surface area (Å²) in [5.41, 5.74) is 1.64. The topological polar surface area (TPSA) is 66.4 Å². The van der Waals surface area contributed by atoms with E-state index in [0.717, 1.165) is 0 Å². The molecule has 0 heterocycles. The van der Waals surface area contributed by atoms with Gasteiger partial charge in [0.05, 0.1) is 11.1 Å². The van der Waals surface area contributed by atoms with Crippen molar-refractivity contribution in [2.24, 2.45) is 0 Å². The highest BCUT2D eigenvalue weighted by atomic mass is 16.3. The number of fused-ring (bicyclic) bond motifs is 2. The molecule has 21 heavy (non-hydrogen) atoms. The molecule has 0 saturated carbocycles. The van der Waals surface area contributed by atoms with E-state index in [1.807, 2.05) is 13.8 Å². The third-order valence-corrected chi connectivity index (χ3v) is 3.50. The van der Waals surface area contributed by atoms with Crippen LogP contribution in [-0.4, -0.2) is 22.7 Å². The van der Waals surface area contributed by atoms with Crippen LogP contribution in [0.5, 0.6) is 5.75 Å². The summed E-state index contributed by atoms with van der Waals surface area (Å²) in [5, 5.41) is 13.2. The molecule has 106 valence electrons. The number of nitrogens with one attached hydrogen (secondary N) is 1.